The molecule has 0 N–H and O–H groups in total. The summed E-state index contributed by atoms with van der Waals surface area (Å²) >= 11 is 0. The van der Waals surface area contributed by atoms with Crippen LogP contribution in [0.15, 0.2) is 51.1 Å². The Kier molecular flexibility index (Phi) is 6.71. The second kappa shape index (κ2) is 9.03. The highest BCUT2D eigenvalue weighted by molar-refractivity contribution is 7.90. The summed E-state index contributed by atoms with van der Waals surface area (Å²) in [6, 6.07) is 9.00. The van der Waals surface area contributed by atoms with Crippen molar-refractivity contribution < 1.29 is 30.0 Å². The van der Waals surface area contributed by atoms with Gasteiger partial charge in [-0.3, -0.25) is 0 Å². The summed E-state index contributed by atoms with van der Waals surface area (Å²) in [4.78, 5) is -0.418. The van der Waals surface area contributed by atoms with E-state index in [1.807, 2.05) is 0 Å². The van der Waals surface area contributed by atoms with Crippen molar-refractivity contribution in [3.63, 3.8) is 0 Å². The molecule has 0 atom stereocenters. The average molecular weight is 568 g/mol. The van der Waals surface area contributed by atoms with Crippen LogP contribution < -0.4 is 4.74 Å². The van der Waals surface area contributed by atoms with E-state index in [-0.39, 0.29) is 32.1 Å². The zero-order valence-electron chi connectivity index (χ0n) is 21.6. The quantitative estimate of drug-likeness (QED) is 0.300. The fourth-order valence-corrected chi connectivity index (χ4v) is 7.76. The van der Waals surface area contributed by atoms with Crippen LogP contribution in [0.25, 0.3) is 32.3 Å². The van der Waals surface area contributed by atoms with Crippen molar-refractivity contribution in [2.75, 3.05) is 48.9 Å². The smallest absolute Gasteiger partial charge is 0.243 e. The van der Waals surface area contributed by atoms with Gasteiger partial charge < -0.3 is 4.74 Å². The molecule has 0 aliphatic rings. The molecule has 4 aromatic rings. The molecule has 37 heavy (non-hydrogen) atoms. The van der Waals surface area contributed by atoms with E-state index in [1.54, 1.807) is 25.1 Å². The standard InChI is InChI=1S/C24H29N3O7S3/c1-8-34-19-13-20(35(28,29)25(2)3)16-11-12-18-22(37(32,33)27(6)7)14-21(36(30,31)26(4)5)17-10-9-15(19)23(16)24(17)18/h9-14H,8H2,1-7H3. The lowest BCUT2D eigenvalue weighted by molar-refractivity contribution is 0.343. The largest absolute Gasteiger partial charge is 0.493 e. The third kappa shape index (κ3) is 4.04. The van der Waals surface area contributed by atoms with E-state index in [0.717, 1.165) is 12.9 Å². The molecule has 0 radical (unpaired) electrons. The van der Waals surface area contributed by atoms with Gasteiger partial charge in [-0.2, -0.15) is 0 Å². The third-order valence-electron chi connectivity index (χ3n) is 6.32. The number of rotatable bonds is 8. The van der Waals surface area contributed by atoms with E-state index in [1.165, 1.54) is 60.5 Å². The number of hydrogen-bond donors (Lipinski definition) is 0. The molecule has 0 fully saturated rings. The topological polar surface area (TPSA) is 121 Å². The predicted molar refractivity (Wildman–Crippen MR) is 144 cm³/mol. The zero-order chi connectivity index (χ0) is 27.7. The molecule has 0 bridgehead atoms. The number of benzene rings is 4. The lowest BCUT2D eigenvalue weighted by Gasteiger charge is -2.23. The predicted octanol–water partition coefficient (Wildman–Crippen LogP) is 2.73. The van der Waals surface area contributed by atoms with Crippen molar-refractivity contribution in [3.8, 4) is 5.75 Å². The van der Waals surface area contributed by atoms with Gasteiger partial charge in [-0.05, 0) is 19.1 Å². The summed E-state index contributed by atoms with van der Waals surface area (Å²) in [7, 11) is -3.84. The van der Waals surface area contributed by atoms with Crippen molar-refractivity contribution in [2.45, 2.75) is 21.6 Å². The molecule has 0 aliphatic heterocycles. The van der Waals surface area contributed by atoms with Gasteiger partial charge in [0.15, 0.2) is 0 Å². The average Bonchev–Trinajstić information content (AvgIpc) is 2.82. The normalized spacial score (nSPS) is 13.7. The Morgan fingerprint density at radius 3 is 1.24 bits per heavy atom. The molecule has 0 aromatic heterocycles. The van der Waals surface area contributed by atoms with Crippen LogP contribution in [0.2, 0.25) is 0 Å². The lowest BCUT2D eigenvalue weighted by atomic mass is 9.93. The third-order valence-corrected chi connectivity index (χ3v) is 11.9. The summed E-state index contributed by atoms with van der Waals surface area (Å²) in [6.45, 7) is 2.02. The molecular weight excluding hydrogens is 538 g/mol. The Labute approximate surface area is 217 Å². The fraction of sp³-hybridized carbons (Fsp3) is 0.333. The molecule has 0 heterocycles. The Morgan fingerprint density at radius 2 is 0.892 bits per heavy atom. The summed E-state index contributed by atoms with van der Waals surface area (Å²) in [5.74, 6) is 0.294. The molecule has 0 unspecified atom stereocenters. The minimum atomic E-state index is -4.09. The van der Waals surface area contributed by atoms with Gasteiger partial charge in [0.2, 0.25) is 30.1 Å². The van der Waals surface area contributed by atoms with Crippen LogP contribution in [0.3, 0.4) is 0 Å². The van der Waals surface area contributed by atoms with Gasteiger partial charge >= 0.3 is 0 Å². The van der Waals surface area contributed by atoms with E-state index >= 15 is 0 Å². The Balaban J connectivity index is 2.40. The number of sulfonamides is 3. The van der Waals surface area contributed by atoms with Crippen LogP contribution in [-0.4, -0.2) is 87.1 Å². The first-order chi connectivity index (χ1) is 17.1. The van der Waals surface area contributed by atoms with Crippen molar-refractivity contribution in [3.05, 3.63) is 36.4 Å². The van der Waals surface area contributed by atoms with Gasteiger partial charge in [-0.25, -0.2) is 38.2 Å². The molecule has 10 nitrogen and oxygen atoms in total. The van der Waals surface area contributed by atoms with Crippen LogP contribution in [0, 0.1) is 0 Å². The number of hydrogen-bond acceptors (Lipinski definition) is 7. The van der Waals surface area contributed by atoms with Crippen LogP contribution in [0.5, 0.6) is 5.75 Å². The van der Waals surface area contributed by atoms with Gasteiger partial charge in [0, 0.05) is 80.7 Å². The van der Waals surface area contributed by atoms with Crippen LogP contribution in [0.4, 0.5) is 0 Å². The SMILES string of the molecule is CCOc1cc(S(=O)(=O)N(C)C)c2ccc3c(S(=O)(=O)N(C)C)cc(S(=O)(=O)N(C)C)c4ccc1c2c43. The maximum atomic E-state index is 13.4. The molecule has 0 saturated carbocycles. The second-order valence-electron chi connectivity index (χ2n) is 9.11. The zero-order valence-corrected chi connectivity index (χ0v) is 24.0. The van der Waals surface area contributed by atoms with E-state index in [2.05, 4.69) is 0 Å². The highest BCUT2D eigenvalue weighted by Crippen LogP contribution is 2.46. The van der Waals surface area contributed by atoms with E-state index < -0.39 is 30.1 Å². The number of nitrogens with zero attached hydrogens (tertiary/aromatic N) is 3. The molecule has 0 spiro atoms. The monoisotopic (exact) mass is 567 g/mol. The lowest BCUT2D eigenvalue weighted by Crippen LogP contribution is -2.25. The highest BCUT2D eigenvalue weighted by Gasteiger charge is 2.31. The van der Waals surface area contributed by atoms with Crippen molar-refractivity contribution in [2.24, 2.45) is 0 Å². The maximum Gasteiger partial charge on any atom is 0.243 e. The molecule has 0 amide bonds. The van der Waals surface area contributed by atoms with Crippen LogP contribution in [0.1, 0.15) is 6.92 Å². The minimum Gasteiger partial charge on any atom is -0.493 e. The molecule has 4 rings (SSSR count). The Morgan fingerprint density at radius 1 is 0.568 bits per heavy atom. The molecule has 0 aliphatic carbocycles. The molecular formula is C24H29N3O7S3. The van der Waals surface area contributed by atoms with Gasteiger partial charge in [-0.1, -0.05) is 18.2 Å². The van der Waals surface area contributed by atoms with Crippen molar-refractivity contribution in [1.29, 1.82) is 0 Å². The summed E-state index contributed by atoms with van der Waals surface area (Å²) in [6.07, 6.45) is 0. The summed E-state index contributed by atoms with van der Waals surface area (Å²) in [5, 5.41) is 2.17. The Bertz CT molecular complexity index is 1810. The summed E-state index contributed by atoms with van der Waals surface area (Å²) < 4.78 is 89.2. The molecule has 13 heteroatoms. The highest BCUT2D eigenvalue weighted by atomic mass is 32.2. The maximum absolute atomic E-state index is 13.4. The second-order valence-corrected chi connectivity index (χ2v) is 15.5. The molecule has 4 aromatic carbocycles. The van der Waals surface area contributed by atoms with Gasteiger partial charge in [0.1, 0.15) is 5.75 Å². The van der Waals surface area contributed by atoms with Crippen molar-refractivity contribution >= 4 is 62.4 Å². The van der Waals surface area contributed by atoms with E-state index in [9.17, 15) is 25.3 Å². The first-order valence-electron chi connectivity index (χ1n) is 11.3. The van der Waals surface area contributed by atoms with Gasteiger partial charge in [0.25, 0.3) is 0 Å². The van der Waals surface area contributed by atoms with Gasteiger partial charge in [-0.15, -0.1) is 0 Å². The fourth-order valence-electron chi connectivity index (χ4n) is 4.37. The Hall–Kier alpha value is -2.55. The van der Waals surface area contributed by atoms with Gasteiger partial charge in [0.05, 0.1) is 21.3 Å². The molecule has 0 saturated heterocycles. The minimum absolute atomic E-state index is 0.0271. The van der Waals surface area contributed by atoms with Crippen molar-refractivity contribution in [1.82, 2.24) is 12.9 Å². The number of ether oxygens (including phenoxy) is 1. The molecule has 200 valence electrons. The van der Waals surface area contributed by atoms with Crippen LogP contribution in [-0.2, 0) is 30.1 Å². The van der Waals surface area contributed by atoms with E-state index in [0.29, 0.717) is 27.3 Å². The van der Waals surface area contributed by atoms with E-state index in [4.69, 9.17) is 4.74 Å². The first-order valence-corrected chi connectivity index (χ1v) is 15.6. The first kappa shape index (κ1) is 27.5. The van der Waals surface area contributed by atoms with Crippen LogP contribution >= 0.6 is 0 Å². The summed E-state index contributed by atoms with van der Waals surface area (Å²) in [5.41, 5.74) is 0.